The Labute approximate surface area is 196 Å². The fourth-order valence-electron chi connectivity index (χ4n) is 3.09. The quantitative estimate of drug-likeness (QED) is 0.278. The summed E-state index contributed by atoms with van der Waals surface area (Å²) >= 11 is 7.85. The van der Waals surface area contributed by atoms with Crippen molar-refractivity contribution in [3.8, 4) is 11.3 Å². The Bertz CT molecular complexity index is 1050. The molecule has 1 atom stereocenters. The number of thioether (sulfide) groups is 1. The molecule has 0 aliphatic carbocycles. The Balaban J connectivity index is 1.57. The van der Waals surface area contributed by atoms with Crippen molar-refractivity contribution >= 4 is 35.3 Å². The highest BCUT2D eigenvalue weighted by atomic mass is 35.5. The van der Waals surface area contributed by atoms with Crippen LogP contribution in [0, 0.1) is 0 Å². The molecule has 6 nitrogen and oxygen atoms in total. The molecule has 0 radical (unpaired) electrons. The molecule has 0 aliphatic rings. The maximum absolute atomic E-state index is 12.5. The highest BCUT2D eigenvalue weighted by Gasteiger charge is 2.18. The molecule has 0 spiro atoms. The molecule has 3 rings (SSSR count). The van der Waals surface area contributed by atoms with Crippen molar-refractivity contribution in [1.29, 1.82) is 0 Å². The van der Waals surface area contributed by atoms with Gasteiger partial charge in [-0.15, -0.1) is 0 Å². The smallest absolute Gasteiger partial charge is 0.311 e. The lowest BCUT2D eigenvalue weighted by Crippen LogP contribution is -2.12. The number of hydrogen-bond acceptors (Lipinski definition) is 7. The lowest BCUT2D eigenvalue weighted by atomic mass is 10.0. The summed E-state index contributed by atoms with van der Waals surface area (Å²) in [6.45, 7) is 1.79. The van der Waals surface area contributed by atoms with Gasteiger partial charge in [0.25, 0.3) is 0 Å². The standard InChI is InChI=1S/C24H24ClNO5S/c1-16(20-5-3-4-6-21(20)25)31-23(28)13-19-14-30-26-24(19)18-9-7-17(8-10-18)15-32-12-11-22(27)29-2/h3-10,14,16H,11-13,15H2,1-2H3. The first-order valence-corrected chi connectivity index (χ1v) is 11.6. The van der Waals surface area contributed by atoms with E-state index in [-0.39, 0.29) is 18.4 Å². The van der Waals surface area contributed by atoms with Gasteiger partial charge in [0.2, 0.25) is 0 Å². The largest absolute Gasteiger partial charge is 0.469 e. The Hall–Kier alpha value is -2.77. The molecule has 0 saturated heterocycles. The van der Waals surface area contributed by atoms with Crippen LogP contribution in [0.2, 0.25) is 5.02 Å². The van der Waals surface area contributed by atoms with Gasteiger partial charge in [-0.25, -0.2) is 0 Å². The average molecular weight is 474 g/mol. The van der Waals surface area contributed by atoms with Crippen LogP contribution >= 0.6 is 23.4 Å². The molecule has 168 valence electrons. The first kappa shape index (κ1) is 23.9. The van der Waals surface area contributed by atoms with Gasteiger partial charge in [0.15, 0.2) is 0 Å². The molecule has 32 heavy (non-hydrogen) atoms. The summed E-state index contributed by atoms with van der Waals surface area (Å²) in [4.78, 5) is 23.7. The van der Waals surface area contributed by atoms with Crippen LogP contribution in [0.25, 0.3) is 11.3 Å². The fraction of sp³-hybridized carbons (Fsp3) is 0.292. The summed E-state index contributed by atoms with van der Waals surface area (Å²) in [5.74, 6) is 0.901. The van der Waals surface area contributed by atoms with Gasteiger partial charge in [-0.3, -0.25) is 9.59 Å². The van der Waals surface area contributed by atoms with E-state index in [1.54, 1.807) is 24.8 Å². The highest BCUT2D eigenvalue weighted by molar-refractivity contribution is 7.98. The predicted molar refractivity (Wildman–Crippen MR) is 124 cm³/mol. The van der Waals surface area contributed by atoms with Gasteiger partial charge in [-0.1, -0.05) is 59.2 Å². The zero-order valence-electron chi connectivity index (χ0n) is 17.9. The number of esters is 2. The summed E-state index contributed by atoms with van der Waals surface area (Å²) in [6, 6.07) is 15.2. The van der Waals surface area contributed by atoms with Crippen molar-refractivity contribution < 1.29 is 23.6 Å². The topological polar surface area (TPSA) is 78.6 Å². The van der Waals surface area contributed by atoms with Crippen LogP contribution < -0.4 is 0 Å². The van der Waals surface area contributed by atoms with Crippen molar-refractivity contribution in [2.24, 2.45) is 0 Å². The minimum absolute atomic E-state index is 0.0404. The molecular formula is C24H24ClNO5S. The summed E-state index contributed by atoms with van der Waals surface area (Å²) < 4.78 is 15.3. The number of nitrogens with zero attached hydrogens (tertiary/aromatic N) is 1. The number of benzene rings is 2. The van der Waals surface area contributed by atoms with E-state index in [0.717, 1.165) is 22.4 Å². The number of carbonyl (C=O) groups is 2. The number of aromatic nitrogens is 1. The molecule has 8 heteroatoms. The molecule has 0 fully saturated rings. The van der Waals surface area contributed by atoms with Gasteiger partial charge in [-0.05, 0) is 18.6 Å². The van der Waals surface area contributed by atoms with Crippen LogP contribution in [0.4, 0.5) is 0 Å². The predicted octanol–water partition coefficient (Wildman–Crippen LogP) is 5.64. The van der Waals surface area contributed by atoms with Gasteiger partial charge >= 0.3 is 11.9 Å². The second-order valence-electron chi connectivity index (χ2n) is 7.09. The Kier molecular flexibility index (Phi) is 8.76. The third-order valence-corrected chi connectivity index (χ3v) is 6.18. The molecular weight excluding hydrogens is 450 g/mol. The van der Waals surface area contributed by atoms with E-state index >= 15 is 0 Å². The molecule has 0 N–H and O–H groups in total. The molecule has 2 aromatic carbocycles. The van der Waals surface area contributed by atoms with Crippen LogP contribution in [0.3, 0.4) is 0 Å². The maximum Gasteiger partial charge on any atom is 0.311 e. The van der Waals surface area contributed by atoms with Crippen LogP contribution in [-0.2, 0) is 31.2 Å². The number of rotatable bonds is 10. The SMILES string of the molecule is COC(=O)CCSCc1ccc(-c2nocc2CC(=O)OC(C)c2ccccc2Cl)cc1. The van der Waals surface area contributed by atoms with E-state index < -0.39 is 6.10 Å². The molecule has 3 aromatic rings. The number of carbonyl (C=O) groups excluding carboxylic acids is 2. The van der Waals surface area contributed by atoms with Crippen LogP contribution in [-0.4, -0.2) is 30.0 Å². The fourth-order valence-corrected chi connectivity index (χ4v) is 4.26. The summed E-state index contributed by atoms with van der Waals surface area (Å²) in [6.07, 6.45) is 1.44. The molecule has 1 unspecified atom stereocenters. The average Bonchev–Trinajstić information content (AvgIpc) is 3.25. The lowest BCUT2D eigenvalue weighted by molar-refractivity contribution is -0.147. The summed E-state index contributed by atoms with van der Waals surface area (Å²) in [7, 11) is 1.39. The van der Waals surface area contributed by atoms with Crippen molar-refractivity contribution in [3.05, 3.63) is 76.5 Å². The molecule has 0 bridgehead atoms. The van der Waals surface area contributed by atoms with E-state index in [4.69, 9.17) is 20.9 Å². The maximum atomic E-state index is 12.5. The Morgan fingerprint density at radius 2 is 1.88 bits per heavy atom. The number of ether oxygens (including phenoxy) is 2. The van der Waals surface area contributed by atoms with E-state index in [1.807, 2.05) is 42.5 Å². The van der Waals surface area contributed by atoms with Crippen molar-refractivity contribution in [2.45, 2.75) is 31.6 Å². The van der Waals surface area contributed by atoms with Gasteiger partial charge in [-0.2, -0.15) is 11.8 Å². The van der Waals surface area contributed by atoms with E-state index in [0.29, 0.717) is 28.5 Å². The molecule has 1 heterocycles. The molecule has 0 aliphatic heterocycles. The number of halogens is 1. The zero-order valence-corrected chi connectivity index (χ0v) is 19.4. The van der Waals surface area contributed by atoms with Gasteiger partial charge in [0, 0.05) is 33.2 Å². The zero-order chi connectivity index (χ0) is 22.9. The summed E-state index contributed by atoms with van der Waals surface area (Å²) in [5.41, 5.74) is 4.00. The number of hydrogen-bond donors (Lipinski definition) is 0. The van der Waals surface area contributed by atoms with Crippen molar-refractivity contribution in [2.75, 3.05) is 12.9 Å². The van der Waals surface area contributed by atoms with Crippen molar-refractivity contribution in [1.82, 2.24) is 5.16 Å². The summed E-state index contributed by atoms with van der Waals surface area (Å²) in [5, 5.41) is 4.62. The van der Waals surface area contributed by atoms with Crippen LogP contribution in [0.15, 0.2) is 59.3 Å². The normalized spacial score (nSPS) is 11.7. The molecule has 0 saturated carbocycles. The monoisotopic (exact) mass is 473 g/mol. The molecule has 1 aromatic heterocycles. The van der Waals surface area contributed by atoms with Gasteiger partial charge < -0.3 is 14.0 Å². The third kappa shape index (κ3) is 6.61. The first-order chi connectivity index (χ1) is 15.5. The highest BCUT2D eigenvalue weighted by Crippen LogP contribution is 2.27. The second-order valence-corrected chi connectivity index (χ2v) is 8.61. The minimum Gasteiger partial charge on any atom is -0.469 e. The van der Waals surface area contributed by atoms with Crippen molar-refractivity contribution in [3.63, 3.8) is 0 Å². The van der Waals surface area contributed by atoms with E-state index in [2.05, 4.69) is 9.89 Å². The van der Waals surface area contributed by atoms with Gasteiger partial charge in [0.05, 0.1) is 20.0 Å². The third-order valence-electron chi connectivity index (χ3n) is 4.80. The second kappa shape index (κ2) is 11.7. The minimum atomic E-state index is -0.463. The number of methoxy groups -OCH3 is 1. The first-order valence-electron chi connectivity index (χ1n) is 10.1. The van der Waals surface area contributed by atoms with Crippen LogP contribution in [0.1, 0.15) is 36.1 Å². The lowest BCUT2D eigenvalue weighted by Gasteiger charge is -2.14. The molecule has 0 amide bonds. The van der Waals surface area contributed by atoms with E-state index in [1.165, 1.54) is 13.4 Å². The van der Waals surface area contributed by atoms with E-state index in [9.17, 15) is 9.59 Å². The Morgan fingerprint density at radius 3 is 2.59 bits per heavy atom. The van der Waals surface area contributed by atoms with Gasteiger partial charge in [0.1, 0.15) is 18.1 Å². The van der Waals surface area contributed by atoms with Crippen LogP contribution in [0.5, 0.6) is 0 Å². The Morgan fingerprint density at radius 1 is 1.12 bits per heavy atom.